The normalized spacial score (nSPS) is 22.9. The number of anilines is 2. The number of thioether (sulfide) groups is 1. The lowest BCUT2D eigenvalue weighted by molar-refractivity contribution is 0.102. The monoisotopic (exact) mass is 383 g/mol. The average molecular weight is 384 g/mol. The van der Waals surface area contributed by atoms with E-state index in [1.54, 1.807) is 6.07 Å². The van der Waals surface area contributed by atoms with Gasteiger partial charge in [-0.3, -0.25) is 9.69 Å². The van der Waals surface area contributed by atoms with Crippen LogP contribution in [0.3, 0.4) is 0 Å². The minimum Gasteiger partial charge on any atom is -0.352 e. The molecule has 7 heteroatoms. The molecule has 6 nitrogen and oxygen atoms in total. The number of aromatic nitrogens is 2. The predicted molar refractivity (Wildman–Crippen MR) is 111 cm³/mol. The van der Waals surface area contributed by atoms with Crippen molar-refractivity contribution in [3.05, 3.63) is 48.2 Å². The zero-order valence-corrected chi connectivity index (χ0v) is 16.4. The number of carbonyl (C=O) groups excluding carboxylic acids is 1. The highest BCUT2D eigenvalue weighted by Gasteiger charge is 2.37. The van der Waals surface area contributed by atoms with Crippen molar-refractivity contribution < 1.29 is 4.79 Å². The largest absolute Gasteiger partial charge is 0.352 e. The van der Waals surface area contributed by atoms with Crippen molar-refractivity contribution in [3.8, 4) is 0 Å². The summed E-state index contributed by atoms with van der Waals surface area (Å²) in [4.78, 5) is 17.3. The van der Waals surface area contributed by atoms with E-state index < -0.39 is 0 Å². The van der Waals surface area contributed by atoms with E-state index in [9.17, 15) is 4.79 Å². The Bertz CT molecular complexity index is 764. The number of benzene rings is 1. The van der Waals surface area contributed by atoms with Crippen LogP contribution in [0.25, 0.3) is 0 Å². The number of amides is 1. The number of hydrogen-bond donors (Lipinski definition) is 1. The van der Waals surface area contributed by atoms with Gasteiger partial charge in [0.05, 0.1) is 0 Å². The second-order valence-corrected chi connectivity index (χ2v) is 8.16. The Morgan fingerprint density at radius 2 is 1.85 bits per heavy atom. The molecule has 1 aromatic heterocycles. The molecule has 27 heavy (non-hydrogen) atoms. The Kier molecular flexibility index (Phi) is 5.59. The number of likely N-dealkylation sites (tertiary alicyclic amines) is 1. The molecule has 1 N–H and O–H groups in total. The number of carbonyl (C=O) groups is 1. The quantitative estimate of drug-likeness (QED) is 0.857. The molecule has 1 amide bonds. The lowest BCUT2D eigenvalue weighted by Crippen LogP contribution is -2.40. The second-order valence-electron chi connectivity index (χ2n) is 7.09. The van der Waals surface area contributed by atoms with Crippen molar-refractivity contribution in [1.82, 2.24) is 15.1 Å². The summed E-state index contributed by atoms with van der Waals surface area (Å²) in [6.07, 6.45) is 4.81. The zero-order chi connectivity index (χ0) is 18.6. The summed E-state index contributed by atoms with van der Waals surface area (Å²) in [6, 6.07) is 13.6. The molecule has 0 bridgehead atoms. The fourth-order valence-corrected chi connectivity index (χ4v) is 4.83. The first-order valence-electron chi connectivity index (χ1n) is 9.46. The van der Waals surface area contributed by atoms with Crippen LogP contribution in [-0.2, 0) is 0 Å². The molecule has 2 saturated heterocycles. The van der Waals surface area contributed by atoms with E-state index in [1.807, 2.05) is 48.2 Å². The van der Waals surface area contributed by atoms with Crippen LogP contribution in [0.2, 0.25) is 0 Å². The third-order valence-corrected chi connectivity index (χ3v) is 6.46. The van der Waals surface area contributed by atoms with E-state index in [0.29, 0.717) is 17.0 Å². The van der Waals surface area contributed by atoms with Gasteiger partial charge >= 0.3 is 0 Å². The van der Waals surface area contributed by atoms with E-state index in [2.05, 4.69) is 31.6 Å². The van der Waals surface area contributed by atoms with Gasteiger partial charge in [0.25, 0.3) is 5.91 Å². The molecule has 3 heterocycles. The molecule has 2 aliphatic rings. The van der Waals surface area contributed by atoms with Crippen molar-refractivity contribution in [2.24, 2.45) is 0 Å². The van der Waals surface area contributed by atoms with E-state index >= 15 is 0 Å². The fourth-order valence-electron chi connectivity index (χ4n) is 3.93. The summed E-state index contributed by atoms with van der Waals surface area (Å²) < 4.78 is 0. The third kappa shape index (κ3) is 4.09. The Balaban J connectivity index is 1.42. The molecule has 0 unspecified atom stereocenters. The van der Waals surface area contributed by atoms with E-state index in [-0.39, 0.29) is 5.91 Å². The summed E-state index contributed by atoms with van der Waals surface area (Å²) in [5.74, 6) is 0.616. The molecule has 0 aliphatic carbocycles. The van der Waals surface area contributed by atoms with Crippen molar-refractivity contribution in [1.29, 1.82) is 0 Å². The smallest absolute Gasteiger partial charge is 0.276 e. The second kappa shape index (κ2) is 8.27. The van der Waals surface area contributed by atoms with Gasteiger partial charge in [0, 0.05) is 30.1 Å². The molecule has 0 saturated carbocycles. The molecule has 142 valence electrons. The van der Waals surface area contributed by atoms with Gasteiger partial charge in [-0.1, -0.05) is 18.2 Å². The molecule has 2 atom stereocenters. The van der Waals surface area contributed by atoms with Gasteiger partial charge in [0.15, 0.2) is 11.5 Å². The van der Waals surface area contributed by atoms with Crippen LogP contribution >= 0.6 is 11.8 Å². The SMILES string of the molecule is CS[C@H]1CN(c2ccc(C(=O)Nc3ccccc3)nn2)C[C@@H]1N1CCCC1. The maximum Gasteiger partial charge on any atom is 0.276 e. The lowest BCUT2D eigenvalue weighted by atomic mass is 10.2. The zero-order valence-electron chi connectivity index (χ0n) is 15.5. The van der Waals surface area contributed by atoms with Crippen molar-refractivity contribution in [2.75, 3.05) is 42.7 Å². The van der Waals surface area contributed by atoms with Crippen LogP contribution in [0.5, 0.6) is 0 Å². The maximum absolute atomic E-state index is 12.3. The van der Waals surface area contributed by atoms with E-state index in [1.165, 1.54) is 25.9 Å². The van der Waals surface area contributed by atoms with Crippen molar-refractivity contribution in [2.45, 2.75) is 24.1 Å². The van der Waals surface area contributed by atoms with Gasteiger partial charge in [0.2, 0.25) is 0 Å². The summed E-state index contributed by atoms with van der Waals surface area (Å²) in [6.45, 7) is 4.38. The van der Waals surface area contributed by atoms with Crippen LogP contribution in [-0.4, -0.2) is 64.7 Å². The highest BCUT2D eigenvalue weighted by atomic mass is 32.2. The molecule has 2 aromatic rings. The standard InChI is InChI=1S/C20H25N5OS/c1-27-18-14-25(13-17(18)24-11-5-6-12-24)19-10-9-16(22-23-19)20(26)21-15-7-3-2-4-8-15/h2-4,7-10,17-18H,5-6,11-14H2,1H3,(H,21,26)/t17-,18-/m0/s1. The van der Waals surface area contributed by atoms with Gasteiger partial charge in [0.1, 0.15) is 0 Å². The van der Waals surface area contributed by atoms with E-state index in [0.717, 1.165) is 24.6 Å². The number of nitrogens with one attached hydrogen (secondary N) is 1. The predicted octanol–water partition coefficient (Wildman–Crippen LogP) is 2.74. The van der Waals surface area contributed by atoms with Crippen LogP contribution in [0, 0.1) is 0 Å². The van der Waals surface area contributed by atoms with Gasteiger partial charge in [-0.25, -0.2) is 0 Å². The lowest BCUT2D eigenvalue weighted by Gasteiger charge is -2.27. The Hall–Kier alpha value is -2.12. The summed E-state index contributed by atoms with van der Waals surface area (Å²) in [5, 5.41) is 11.9. The van der Waals surface area contributed by atoms with Gasteiger partial charge in [-0.05, 0) is 56.5 Å². The summed E-state index contributed by atoms with van der Waals surface area (Å²) in [7, 11) is 0. The van der Waals surface area contributed by atoms with Crippen molar-refractivity contribution >= 4 is 29.2 Å². The number of nitrogens with zero attached hydrogens (tertiary/aromatic N) is 4. The van der Waals surface area contributed by atoms with Crippen LogP contribution in [0.1, 0.15) is 23.3 Å². The highest BCUT2D eigenvalue weighted by molar-refractivity contribution is 7.99. The molecule has 0 radical (unpaired) electrons. The Morgan fingerprint density at radius 1 is 1.07 bits per heavy atom. The first-order chi connectivity index (χ1) is 13.2. The Labute approximate surface area is 164 Å². The fraction of sp³-hybridized carbons (Fsp3) is 0.450. The van der Waals surface area contributed by atoms with E-state index in [4.69, 9.17) is 0 Å². The average Bonchev–Trinajstić information content (AvgIpc) is 3.38. The third-order valence-electron chi connectivity index (χ3n) is 5.39. The molecule has 0 spiro atoms. The summed E-state index contributed by atoms with van der Waals surface area (Å²) >= 11 is 1.94. The van der Waals surface area contributed by atoms with Crippen LogP contribution < -0.4 is 10.2 Å². The first-order valence-corrected chi connectivity index (χ1v) is 10.8. The van der Waals surface area contributed by atoms with Crippen LogP contribution in [0.15, 0.2) is 42.5 Å². The minimum atomic E-state index is -0.237. The number of rotatable bonds is 5. The number of para-hydroxylation sites is 1. The maximum atomic E-state index is 12.3. The number of hydrogen-bond acceptors (Lipinski definition) is 6. The highest BCUT2D eigenvalue weighted by Crippen LogP contribution is 2.30. The minimum absolute atomic E-state index is 0.237. The Morgan fingerprint density at radius 3 is 2.52 bits per heavy atom. The topological polar surface area (TPSA) is 61.4 Å². The molecule has 2 fully saturated rings. The summed E-state index contributed by atoms with van der Waals surface area (Å²) in [5.41, 5.74) is 1.09. The first kappa shape index (κ1) is 18.3. The molecular weight excluding hydrogens is 358 g/mol. The van der Waals surface area contributed by atoms with Gasteiger partial charge < -0.3 is 10.2 Å². The molecule has 4 rings (SSSR count). The van der Waals surface area contributed by atoms with Crippen molar-refractivity contribution in [3.63, 3.8) is 0 Å². The van der Waals surface area contributed by atoms with Gasteiger partial charge in [-0.15, -0.1) is 10.2 Å². The molecule has 2 aliphatic heterocycles. The van der Waals surface area contributed by atoms with Gasteiger partial charge in [-0.2, -0.15) is 11.8 Å². The van der Waals surface area contributed by atoms with Crippen LogP contribution in [0.4, 0.5) is 11.5 Å². The molecule has 1 aromatic carbocycles. The molecular formula is C20H25N5OS.